The molecule has 2 heteroatoms. The second-order valence-corrected chi connectivity index (χ2v) is 3.01. The van der Waals surface area contributed by atoms with Gasteiger partial charge in [0.25, 0.3) is 0 Å². The maximum atomic E-state index is 10.5. The highest BCUT2D eigenvalue weighted by molar-refractivity contribution is 5.75. The molecule has 0 bridgehead atoms. The third-order valence-corrected chi connectivity index (χ3v) is 1.77. The van der Waals surface area contributed by atoms with Gasteiger partial charge in [-0.05, 0) is 31.5 Å². The van der Waals surface area contributed by atoms with E-state index in [9.17, 15) is 4.79 Å². The largest absolute Gasteiger partial charge is 0.377 e. The molecule has 0 fully saturated rings. The third kappa shape index (κ3) is 2.99. The summed E-state index contributed by atoms with van der Waals surface area (Å²) in [5.74, 6) is 0. The zero-order valence-corrected chi connectivity index (χ0v) is 8.04. The van der Waals surface area contributed by atoms with Gasteiger partial charge in [0.2, 0.25) is 0 Å². The number of benzene rings is 1. The zero-order chi connectivity index (χ0) is 9.68. The molecular weight excluding hydrogens is 164 g/mol. The Morgan fingerprint density at radius 1 is 1.38 bits per heavy atom. The number of aldehydes is 1. The highest BCUT2D eigenvalue weighted by Gasteiger charge is 1.97. The standard InChI is InChI=1S/C11H14O2/c1-3-13-8-11-5-9(2)4-10(6-11)7-12/h4-7H,3,8H2,1-2H3. The van der Waals surface area contributed by atoms with E-state index in [1.54, 1.807) is 0 Å². The lowest BCUT2D eigenvalue weighted by atomic mass is 10.1. The molecule has 0 saturated carbocycles. The van der Waals surface area contributed by atoms with E-state index in [-0.39, 0.29) is 0 Å². The highest BCUT2D eigenvalue weighted by Crippen LogP contribution is 2.09. The van der Waals surface area contributed by atoms with Crippen molar-refractivity contribution in [3.8, 4) is 0 Å². The molecule has 0 N–H and O–H groups in total. The number of ether oxygens (including phenoxy) is 1. The van der Waals surface area contributed by atoms with Crippen LogP contribution in [0.5, 0.6) is 0 Å². The summed E-state index contributed by atoms with van der Waals surface area (Å²) in [6.07, 6.45) is 0.864. The van der Waals surface area contributed by atoms with Crippen LogP contribution in [0.4, 0.5) is 0 Å². The fraction of sp³-hybridized carbons (Fsp3) is 0.364. The summed E-state index contributed by atoms with van der Waals surface area (Å²) in [4.78, 5) is 10.5. The lowest BCUT2D eigenvalue weighted by Gasteiger charge is -2.03. The summed E-state index contributed by atoms with van der Waals surface area (Å²) < 4.78 is 5.26. The summed E-state index contributed by atoms with van der Waals surface area (Å²) in [6, 6.07) is 5.75. The number of aryl methyl sites for hydroxylation is 1. The van der Waals surface area contributed by atoms with E-state index in [1.807, 2.05) is 32.0 Å². The first kappa shape index (κ1) is 9.93. The molecule has 0 aliphatic heterocycles. The molecule has 0 atom stereocenters. The Morgan fingerprint density at radius 2 is 2.15 bits per heavy atom. The van der Waals surface area contributed by atoms with Gasteiger partial charge in [-0.2, -0.15) is 0 Å². The fourth-order valence-electron chi connectivity index (χ4n) is 1.27. The Hall–Kier alpha value is -1.15. The van der Waals surface area contributed by atoms with E-state index in [0.29, 0.717) is 13.2 Å². The molecule has 0 aromatic heterocycles. The van der Waals surface area contributed by atoms with Gasteiger partial charge in [-0.1, -0.05) is 11.6 Å². The van der Waals surface area contributed by atoms with Crippen molar-refractivity contribution in [3.63, 3.8) is 0 Å². The van der Waals surface area contributed by atoms with Crippen molar-refractivity contribution in [1.29, 1.82) is 0 Å². The first-order valence-corrected chi connectivity index (χ1v) is 4.39. The summed E-state index contributed by atoms with van der Waals surface area (Å²) in [7, 11) is 0. The van der Waals surface area contributed by atoms with Crippen molar-refractivity contribution in [1.82, 2.24) is 0 Å². The van der Waals surface area contributed by atoms with Crippen LogP contribution in [0.1, 0.15) is 28.4 Å². The molecule has 0 spiro atoms. The topological polar surface area (TPSA) is 26.3 Å². The minimum Gasteiger partial charge on any atom is -0.377 e. The maximum Gasteiger partial charge on any atom is 0.150 e. The number of hydrogen-bond acceptors (Lipinski definition) is 2. The maximum absolute atomic E-state index is 10.5. The van der Waals surface area contributed by atoms with Gasteiger partial charge in [-0.15, -0.1) is 0 Å². The van der Waals surface area contributed by atoms with Crippen LogP contribution in [0.25, 0.3) is 0 Å². The predicted molar refractivity (Wildman–Crippen MR) is 51.9 cm³/mol. The van der Waals surface area contributed by atoms with Crippen molar-refractivity contribution < 1.29 is 9.53 Å². The van der Waals surface area contributed by atoms with Gasteiger partial charge in [0.1, 0.15) is 6.29 Å². The monoisotopic (exact) mass is 178 g/mol. The van der Waals surface area contributed by atoms with Crippen LogP contribution in [0.3, 0.4) is 0 Å². The molecule has 1 aromatic rings. The number of carbonyl (C=O) groups excluding carboxylic acids is 1. The summed E-state index contributed by atoms with van der Waals surface area (Å²) in [6.45, 7) is 5.21. The van der Waals surface area contributed by atoms with E-state index < -0.39 is 0 Å². The Balaban J connectivity index is 2.81. The zero-order valence-electron chi connectivity index (χ0n) is 8.04. The number of hydrogen-bond donors (Lipinski definition) is 0. The van der Waals surface area contributed by atoms with Crippen LogP contribution < -0.4 is 0 Å². The van der Waals surface area contributed by atoms with Gasteiger partial charge in [0.05, 0.1) is 6.61 Å². The fourth-order valence-corrected chi connectivity index (χ4v) is 1.27. The first-order chi connectivity index (χ1) is 6.26. The molecule has 0 aliphatic carbocycles. The van der Waals surface area contributed by atoms with Gasteiger partial charge < -0.3 is 4.74 Å². The molecular formula is C11H14O2. The van der Waals surface area contributed by atoms with Gasteiger partial charge >= 0.3 is 0 Å². The molecule has 0 aliphatic rings. The number of carbonyl (C=O) groups is 1. The minimum atomic E-state index is 0.582. The predicted octanol–water partition coefficient (Wildman–Crippen LogP) is 2.34. The van der Waals surface area contributed by atoms with Crippen molar-refractivity contribution in [2.24, 2.45) is 0 Å². The molecule has 0 saturated heterocycles. The van der Waals surface area contributed by atoms with E-state index in [0.717, 1.165) is 23.0 Å². The second-order valence-electron chi connectivity index (χ2n) is 3.01. The molecule has 0 unspecified atom stereocenters. The van der Waals surface area contributed by atoms with E-state index >= 15 is 0 Å². The van der Waals surface area contributed by atoms with E-state index in [2.05, 4.69) is 0 Å². The van der Waals surface area contributed by atoms with Crippen molar-refractivity contribution >= 4 is 6.29 Å². The van der Waals surface area contributed by atoms with Crippen molar-refractivity contribution in [2.75, 3.05) is 6.61 Å². The van der Waals surface area contributed by atoms with E-state index in [4.69, 9.17) is 4.74 Å². The molecule has 1 rings (SSSR count). The van der Waals surface area contributed by atoms with Crippen LogP contribution in [0, 0.1) is 6.92 Å². The van der Waals surface area contributed by atoms with Gasteiger partial charge in [0.15, 0.2) is 0 Å². The second kappa shape index (κ2) is 4.77. The minimum absolute atomic E-state index is 0.582. The average molecular weight is 178 g/mol. The Morgan fingerprint density at radius 3 is 2.77 bits per heavy atom. The average Bonchev–Trinajstić information content (AvgIpc) is 2.14. The SMILES string of the molecule is CCOCc1cc(C)cc(C=O)c1. The Kier molecular flexibility index (Phi) is 3.65. The summed E-state index contributed by atoms with van der Waals surface area (Å²) >= 11 is 0. The van der Waals surface area contributed by atoms with Crippen LogP contribution in [-0.2, 0) is 11.3 Å². The van der Waals surface area contributed by atoms with Crippen molar-refractivity contribution in [2.45, 2.75) is 20.5 Å². The van der Waals surface area contributed by atoms with Crippen LogP contribution in [0.2, 0.25) is 0 Å². The summed E-state index contributed by atoms with van der Waals surface area (Å²) in [5, 5.41) is 0. The molecule has 0 heterocycles. The van der Waals surface area contributed by atoms with Gasteiger partial charge in [-0.25, -0.2) is 0 Å². The third-order valence-electron chi connectivity index (χ3n) is 1.77. The smallest absolute Gasteiger partial charge is 0.150 e. The number of rotatable bonds is 4. The molecule has 70 valence electrons. The molecule has 1 aromatic carbocycles. The van der Waals surface area contributed by atoms with Crippen molar-refractivity contribution in [3.05, 3.63) is 34.9 Å². The van der Waals surface area contributed by atoms with Gasteiger partial charge in [0, 0.05) is 12.2 Å². The Labute approximate surface area is 78.5 Å². The van der Waals surface area contributed by atoms with Crippen LogP contribution >= 0.6 is 0 Å². The highest BCUT2D eigenvalue weighted by atomic mass is 16.5. The van der Waals surface area contributed by atoms with E-state index in [1.165, 1.54) is 0 Å². The lowest BCUT2D eigenvalue weighted by Crippen LogP contribution is -1.94. The van der Waals surface area contributed by atoms with Crippen LogP contribution in [0.15, 0.2) is 18.2 Å². The quantitative estimate of drug-likeness (QED) is 0.661. The molecule has 0 radical (unpaired) electrons. The molecule has 13 heavy (non-hydrogen) atoms. The first-order valence-electron chi connectivity index (χ1n) is 4.39. The molecule has 2 nitrogen and oxygen atoms in total. The van der Waals surface area contributed by atoms with Crippen LogP contribution in [-0.4, -0.2) is 12.9 Å². The normalized spacial score (nSPS) is 10.0. The lowest BCUT2D eigenvalue weighted by molar-refractivity contribution is 0.112. The van der Waals surface area contributed by atoms with Gasteiger partial charge in [-0.3, -0.25) is 4.79 Å². The molecule has 0 amide bonds. The summed E-state index contributed by atoms with van der Waals surface area (Å²) in [5.41, 5.74) is 2.87. The Bertz CT molecular complexity index is 292.